The van der Waals surface area contributed by atoms with Crippen molar-refractivity contribution in [3.8, 4) is 17.2 Å². The van der Waals surface area contributed by atoms with Gasteiger partial charge in [0, 0.05) is 50.0 Å². The topological polar surface area (TPSA) is 73.8 Å². The molecular formula is C29H31N5O2. The maximum atomic E-state index is 9.56. The van der Waals surface area contributed by atoms with Gasteiger partial charge < -0.3 is 25.0 Å². The highest BCUT2D eigenvalue weighted by molar-refractivity contribution is 5.61. The summed E-state index contributed by atoms with van der Waals surface area (Å²) in [7, 11) is 0. The standard InChI is InChI=1S/C29H31N5O2/c1-2-6-27-31-28(30-22-9-13-24(35)14-10-22)21-29(32-27)34-19-17-33(18-20-34)23-11-15-26(16-12-23)36-25-7-4-3-5-8-25/h3-5,7-16,21,35H,2,6,17-20H2,1H3,(H,30,31,32). The van der Waals surface area contributed by atoms with Crippen LogP contribution in [0.4, 0.5) is 23.0 Å². The number of benzene rings is 3. The fraction of sp³-hybridized carbons (Fsp3) is 0.241. The number of para-hydroxylation sites is 1. The van der Waals surface area contributed by atoms with E-state index in [-0.39, 0.29) is 5.75 Å². The van der Waals surface area contributed by atoms with Crippen LogP contribution in [0.3, 0.4) is 0 Å². The molecule has 184 valence electrons. The quantitative estimate of drug-likeness (QED) is 0.299. The van der Waals surface area contributed by atoms with Gasteiger partial charge in [0.25, 0.3) is 0 Å². The average Bonchev–Trinajstić information content (AvgIpc) is 2.91. The van der Waals surface area contributed by atoms with Crippen molar-refractivity contribution in [2.75, 3.05) is 41.3 Å². The van der Waals surface area contributed by atoms with Gasteiger partial charge in [-0.25, -0.2) is 9.97 Å². The van der Waals surface area contributed by atoms with Gasteiger partial charge in [-0.05, 0) is 67.1 Å². The van der Waals surface area contributed by atoms with Crippen LogP contribution >= 0.6 is 0 Å². The molecule has 5 rings (SSSR count). The van der Waals surface area contributed by atoms with Crippen LogP contribution in [-0.4, -0.2) is 41.3 Å². The molecule has 0 aliphatic carbocycles. The fourth-order valence-corrected chi connectivity index (χ4v) is 4.28. The minimum absolute atomic E-state index is 0.242. The number of phenolic OH excluding ortho intramolecular Hbond substituents is 1. The van der Waals surface area contributed by atoms with E-state index in [2.05, 4.69) is 34.2 Å². The zero-order valence-electron chi connectivity index (χ0n) is 20.5. The second-order valence-electron chi connectivity index (χ2n) is 8.83. The molecule has 0 saturated carbocycles. The Hall–Kier alpha value is -4.26. The molecule has 0 amide bonds. The molecule has 4 aromatic rings. The van der Waals surface area contributed by atoms with E-state index in [0.29, 0.717) is 0 Å². The summed E-state index contributed by atoms with van der Waals surface area (Å²) < 4.78 is 5.93. The van der Waals surface area contributed by atoms with Gasteiger partial charge in [-0.3, -0.25) is 0 Å². The number of nitrogens with zero attached hydrogens (tertiary/aromatic N) is 4. The third kappa shape index (κ3) is 5.86. The molecule has 2 heterocycles. The van der Waals surface area contributed by atoms with E-state index in [4.69, 9.17) is 14.7 Å². The monoisotopic (exact) mass is 481 g/mol. The van der Waals surface area contributed by atoms with Crippen LogP contribution in [0.1, 0.15) is 19.2 Å². The van der Waals surface area contributed by atoms with Crippen molar-refractivity contribution in [1.82, 2.24) is 9.97 Å². The molecule has 36 heavy (non-hydrogen) atoms. The van der Waals surface area contributed by atoms with Crippen LogP contribution in [-0.2, 0) is 6.42 Å². The third-order valence-corrected chi connectivity index (χ3v) is 6.16. The van der Waals surface area contributed by atoms with Crippen LogP contribution in [0.5, 0.6) is 17.2 Å². The Morgan fingerprint density at radius 3 is 2.17 bits per heavy atom. The first kappa shape index (κ1) is 23.5. The van der Waals surface area contributed by atoms with E-state index in [1.54, 1.807) is 12.1 Å². The van der Waals surface area contributed by atoms with E-state index in [9.17, 15) is 5.11 Å². The molecule has 0 unspecified atom stereocenters. The zero-order valence-corrected chi connectivity index (χ0v) is 20.5. The Kier molecular flexibility index (Phi) is 7.17. The summed E-state index contributed by atoms with van der Waals surface area (Å²) in [6.07, 6.45) is 1.81. The molecule has 0 bridgehead atoms. The molecule has 1 aromatic heterocycles. The van der Waals surface area contributed by atoms with Crippen molar-refractivity contribution in [2.45, 2.75) is 19.8 Å². The van der Waals surface area contributed by atoms with E-state index in [1.165, 1.54) is 5.69 Å². The van der Waals surface area contributed by atoms with Crippen molar-refractivity contribution >= 4 is 23.0 Å². The molecule has 2 N–H and O–H groups in total. The van der Waals surface area contributed by atoms with Crippen molar-refractivity contribution < 1.29 is 9.84 Å². The number of piperazine rings is 1. The molecular weight excluding hydrogens is 450 g/mol. The lowest BCUT2D eigenvalue weighted by Crippen LogP contribution is -2.47. The predicted octanol–water partition coefficient (Wildman–Crippen LogP) is 6.00. The first-order chi connectivity index (χ1) is 17.7. The number of phenols is 1. The first-order valence-corrected chi connectivity index (χ1v) is 12.4. The lowest BCUT2D eigenvalue weighted by Gasteiger charge is -2.37. The van der Waals surface area contributed by atoms with Gasteiger partial charge in [0.15, 0.2) is 0 Å². The average molecular weight is 482 g/mol. The van der Waals surface area contributed by atoms with E-state index in [0.717, 1.165) is 73.7 Å². The number of aromatic nitrogens is 2. The predicted molar refractivity (Wildman–Crippen MR) is 145 cm³/mol. The van der Waals surface area contributed by atoms with Gasteiger partial charge in [0.05, 0.1) is 0 Å². The molecule has 1 aliphatic rings. The molecule has 1 saturated heterocycles. The number of nitrogens with one attached hydrogen (secondary N) is 1. The van der Waals surface area contributed by atoms with Crippen LogP contribution < -0.4 is 19.9 Å². The first-order valence-electron chi connectivity index (χ1n) is 12.4. The second-order valence-corrected chi connectivity index (χ2v) is 8.83. The Morgan fingerprint density at radius 1 is 0.806 bits per heavy atom. The summed E-state index contributed by atoms with van der Waals surface area (Å²) in [5.41, 5.74) is 2.07. The largest absolute Gasteiger partial charge is 0.508 e. The smallest absolute Gasteiger partial charge is 0.136 e. The number of aromatic hydroxyl groups is 1. The van der Waals surface area contributed by atoms with E-state index in [1.807, 2.05) is 60.7 Å². The van der Waals surface area contributed by atoms with Gasteiger partial charge in [-0.15, -0.1) is 0 Å². The number of anilines is 4. The van der Waals surface area contributed by atoms with Crippen molar-refractivity contribution in [3.63, 3.8) is 0 Å². The van der Waals surface area contributed by atoms with Gasteiger partial charge >= 0.3 is 0 Å². The van der Waals surface area contributed by atoms with Gasteiger partial charge in [0.2, 0.25) is 0 Å². The highest BCUT2D eigenvalue weighted by Gasteiger charge is 2.20. The molecule has 0 spiro atoms. The number of ether oxygens (including phenoxy) is 1. The maximum absolute atomic E-state index is 9.56. The fourth-order valence-electron chi connectivity index (χ4n) is 4.28. The Balaban J connectivity index is 1.24. The van der Waals surface area contributed by atoms with Crippen LogP contribution in [0.25, 0.3) is 0 Å². The molecule has 0 radical (unpaired) electrons. The molecule has 1 aliphatic heterocycles. The Morgan fingerprint density at radius 2 is 1.47 bits per heavy atom. The van der Waals surface area contributed by atoms with Gasteiger partial charge in [-0.2, -0.15) is 0 Å². The number of aryl methyl sites for hydroxylation is 1. The van der Waals surface area contributed by atoms with Crippen molar-refractivity contribution in [1.29, 1.82) is 0 Å². The molecule has 7 nitrogen and oxygen atoms in total. The number of rotatable bonds is 8. The molecule has 0 atom stereocenters. The zero-order chi connectivity index (χ0) is 24.7. The van der Waals surface area contributed by atoms with E-state index >= 15 is 0 Å². The summed E-state index contributed by atoms with van der Waals surface area (Å²) >= 11 is 0. The minimum Gasteiger partial charge on any atom is -0.508 e. The second kappa shape index (κ2) is 11.0. The Labute approximate surface area is 212 Å². The molecule has 3 aromatic carbocycles. The summed E-state index contributed by atoms with van der Waals surface area (Å²) in [6.45, 7) is 5.71. The minimum atomic E-state index is 0.242. The van der Waals surface area contributed by atoms with Crippen molar-refractivity contribution in [2.24, 2.45) is 0 Å². The summed E-state index contributed by atoms with van der Waals surface area (Å²) in [5, 5.41) is 12.9. The van der Waals surface area contributed by atoms with Crippen molar-refractivity contribution in [3.05, 3.63) is 90.8 Å². The summed E-state index contributed by atoms with van der Waals surface area (Å²) in [4.78, 5) is 14.3. The number of hydrogen-bond donors (Lipinski definition) is 2. The maximum Gasteiger partial charge on any atom is 0.136 e. The Bertz CT molecular complexity index is 1260. The summed E-state index contributed by atoms with van der Waals surface area (Å²) in [5.74, 6) is 4.47. The van der Waals surface area contributed by atoms with Gasteiger partial charge in [-0.1, -0.05) is 25.1 Å². The van der Waals surface area contributed by atoms with Crippen LogP contribution in [0.15, 0.2) is 84.9 Å². The lowest BCUT2D eigenvalue weighted by molar-refractivity contribution is 0.475. The summed E-state index contributed by atoms with van der Waals surface area (Å²) in [6, 6.07) is 27.1. The normalized spacial score (nSPS) is 13.5. The van der Waals surface area contributed by atoms with E-state index < -0.39 is 0 Å². The number of hydrogen-bond acceptors (Lipinski definition) is 7. The third-order valence-electron chi connectivity index (χ3n) is 6.16. The molecule has 1 fully saturated rings. The van der Waals surface area contributed by atoms with Crippen LogP contribution in [0, 0.1) is 0 Å². The SMILES string of the molecule is CCCc1nc(Nc2ccc(O)cc2)cc(N2CCN(c3ccc(Oc4ccccc4)cc3)CC2)n1. The lowest BCUT2D eigenvalue weighted by atomic mass is 10.2. The van der Waals surface area contributed by atoms with Crippen LogP contribution in [0.2, 0.25) is 0 Å². The molecule has 7 heteroatoms. The highest BCUT2D eigenvalue weighted by atomic mass is 16.5. The highest BCUT2D eigenvalue weighted by Crippen LogP contribution is 2.27. The van der Waals surface area contributed by atoms with Gasteiger partial charge in [0.1, 0.15) is 34.7 Å².